The third-order valence-corrected chi connectivity index (χ3v) is 3.90. The maximum Gasteiger partial charge on any atom is 0.243 e. The topological polar surface area (TPSA) is 86.9 Å². The molecule has 0 fully saturated rings. The fourth-order valence-electron chi connectivity index (χ4n) is 2.45. The molecule has 6 heteroatoms. The van der Waals surface area contributed by atoms with E-state index in [2.05, 4.69) is 20.6 Å². The van der Waals surface area contributed by atoms with E-state index in [9.17, 15) is 9.59 Å². The fraction of sp³-hybridized carbons (Fsp3) is 0.250. The van der Waals surface area contributed by atoms with Crippen LogP contribution in [0, 0.1) is 5.41 Å². The molecule has 1 heterocycles. The number of aromatic amines is 1. The highest BCUT2D eigenvalue weighted by Crippen LogP contribution is 2.22. The largest absolute Gasteiger partial charge is 0.347 e. The first-order chi connectivity index (χ1) is 12.3. The number of fused-ring (bicyclic) bond motifs is 1. The number of aromatic nitrogens is 2. The van der Waals surface area contributed by atoms with Gasteiger partial charge < -0.3 is 15.6 Å². The number of amides is 2. The molecular weight excluding hydrogens is 328 g/mol. The van der Waals surface area contributed by atoms with Gasteiger partial charge in [-0.05, 0) is 18.2 Å². The van der Waals surface area contributed by atoms with Gasteiger partial charge in [0.2, 0.25) is 11.8 Å². The molecule has 0 spiro atoms. The summed E-state index contributed by atoms with van der Waals surface area (Å²) in [4.78, 5) is 31.7. The minimum absolute atomic E-state index is 0.0631. The van der Waals surface area contributed by atoms with Gasteiger partial charge in [-0.2, -0.15) is 0 Å². The Labute approximate surface area is 152 Å². The molecule has 0 saturated carbocycles. The van der Waals surface area contributed by atoms with E-state index in [0.717, 1.165) is 22.4 Å². The van der Waals surface area contributed by atoms with Gasteiger partial charge in [-0.3, -0.25) is 9.59 Å². The Morgan fingerprint density at radius 1 is 1.08 bits per heavy atom. The molecule has 0 atom stereocenters. The maximum atomic E-state index is 12.1. The van der Waals surface area contributed by atoms with Crippen LogP contribution in [0.25, 0.3) is 22.4 Å². The predicted molar refractivity (Wildman–Crippen MR) is 103 cm³/mol. The van der Waals surface area contributed by atoms with E-state index in [0.29, 0.717) is 5.69 Å². The maximum absolute atomic E-state index is 12.1. The van der Waals surface area contributed by atoms with Crippen molar-refractivity contribution >= 4 is 28.5 Å². The van der Waals surface area contributed by atoms with Crippen LogP contribution < -0.4 is 10.6 Å². The molecule has 0 saturated heterocycles. The smallest absolute Gasteiger partial charge is 0.243 e. The van der Waals surface area contributed by atoms with Gasteiger partial charge in [0.15, 0.2) is 0 Å². The van der Waals surface area contributed by atoms with E-state index in [1.54, 1.807) is 26.8 Å². The Bertz CT molecular complexity index is 939. The summed E-state index contributed by atoms with van der Waals surface area (Å²) >= 11 is 0. The minimum atomic E-state index is -0.525. The van der Waals surface area contributed by atoms with Crippen molar-refractivity contribution in [1.29, 1.82) is 0 Å². The van der Waals surface area contributed by atoms with Gasteiger partial charge in [0.25, 0.3) is 0 Å². The average Bonchev–Trinajstić information content (AvgIpc) is 3.03. The van der Waals surface area contributed by atoms with Crippen LogP contribution in [0.15, 0.2) is 48.5 Å². The van der Waals surface area contributed by atoms with Crippen molar-refractivity contribution in [2.24, 2.45) is 5.41 Å². The van der Waals surface area contributed by atoms with Crippen LogP contribution in [0.4, 0.5) is 5.69 Å². The fourth-order valence-corrected chi connectivity index (χ4v) is 2.45. The van der Waals surface area contributed by atoms with Crippen LogP contribution in [0.3, 0.4) is 0 Å². The van der Waals surface area contributed by atoms with Gasteiger partial charge >= 0.3 is 0 Å². The summed E-state index contributed by atoms with van der Waals surface area (Å²) in [5.74, 6) is 0.343. The second-order valence-corrected chi connectivity index (χ2v) is 7.16. The molecule has 0 unspecified atom stereocenters. The molecule has 3 aromatic rings. The first-order valence-electron chi connectivity index (χ1n) is 8.46. The van der Waals surface area contributed by atoms with E-state index < -0.39 is 5.41 Å². The number of hydrogen-bond donors (Lipinski definition) is 3. The highest BCUT2D eigenvalue weighted by atomic mass is 16.2. The molecule has 134 valence electrons. The number of nitrogens with one attached hydrogen (secondary N) is 3. The normalized spacial score (nSPS) is 11.3. The van der Waals surface area contributed by atoms with Crippen LogP contribution in [-0.2, 0) is 9.59 Å². The molecule has 0 aliphatic rings. The lowest BCUT2D eigenvalue weighted by molar-refractivity contribution is -0.130. The quantitative estimate of drug-likeness (QED) is 0.674. The van der Waals surface area contributed by atoms with Crippen LogP contribution in [0.5, 0.6) is 0 Å². The molecule has 1 aromatic heterocycles. The third kappa shape index (κ3) is 4.08. The van der Waals surface area contributed by atoms with Gasteiger partial charge in [-0.25, -0.2) is 4.98 Å². The van der Waals surface area contributed by atoms with Crippen LogP contribution in [0.2, 0.25) is 0 Å². The van der Waals surface area contributed by atoms with Crippen LogP contribution in [0.1, 0.15) is 20.8 Å². The van der Waals surface area contributed by atoms with E-state index in [1.807, 2.05) is 42.5 Å². The SMILES string of the molecule is CC(C)(C)C(=O)NCC(=O)Nc1ccc2nc(-c3ccccc3)[nH]c2c1. The molecule has 0 aliphatic heterocycles. The summed E-state index contributed by atoms with van der Waals surface area (Å²) in [7, 11) is 0. The average molecular weight is 350 g/mol. The lowest BCUT2D eigenvalue weighted by Crippen LogP contribution is -2.39. The van der Waals surface area contributed by atoms with Crippen molar-refractivity contribution in [2.75, 3.05) is 11.9 Å². The number of hydrogen-bond acceptors (Lipinski definition) is 3. The van der Waals surface area contributed by atoms with Crippen LogP contribution in [-0.4, -0.2) is 28.3 Å². The number of imidazole rings is 1. The van der Waals surface area contributed by atoms with E-state index in [-0.39, 0.29) is 18.4 Å². The zero-order valence-corrected chi connectivity index (χ0v) is 15.1. The molecule has 3 rings (SSSR count). The van der Waals surface area contributed by atoms with Crippen molar-refractivity contribution < 1.29 is 9.59 Å². The molecule has 2 aromatic carbocycles. The Hall–Kier alpha value is -3.15. The first kappa shape index (κ1) is 17.7. The van der Waals surface area contributed by atoms with Crippen molar-refractivity contribution in [2.45, 2.75) is 20.8 Å². The third-order valence-electron chi connectivity index (χ3n) is 3.90. The molecule has 2 amide bonds. The van der Waals surface area contributed by atoms with E-state index in [4.69, 9.17) is 0 Å². The van der Waals surface area contributed by atoms with Gasteiger partial charge in [0, 0.05) is 16.7 Å². The number of benzene rings is 2. The first-order valence-corrected chi connectivity index (χ1v) is 8.46. The molecule has 6 nitrogen and oxygen atoms in total. The zero-order valence-electron chi connectivity index (χ0n) is 15.1. The van der Waals surface area contributed by atoms with Gasteiger partial charge in [0.1, 0.15) is 5.82 Å². The summed E-state index contributed by atoms with van der Waals surface area (Å²) in [5.41, 5.74) is 2.78. The number of anilines is 1. The van der Waals surface area contributed by atoms with Crippen molar-refractivity contribution in [1.82, 2.24) is 15.3 Å². The molecular formula is C20H22N4O2. The predicted octanol–water partition coefficient (Wildman–Crippen LogP) is 3.33. The number of rotatable bonds is 4. The molecule has 3 N–H and O–H groups in total. The lowest BCUT2D eigenvalue weighted by atomic mass is 9.96. The van der Waals surface area contributed by atoms with Crippen molar-refractivity contribution in [3.05, 3.63) is 48.5 Å². The summed E-state index contributed by atoms with van der Waals surface area (Å²) in [5, 5.41) is 5.42. The Balaban J connectivity index is 1.69. The summed E-state index contributed by atoms with van der Waals surface area (Å²) in [6.07, 6.45) is 0. The van der Waals surface area contributed by atoms with Crippen molar-refractivity contribution in [3.63, 3.8) is 0 Å². The summed E-state index contributed by atoms with van der Waals surface area (Å²) in [6.45, 7) is 5.34. The molecule has 0 aliphatic carbocycles. The number of carbonyl (C=O) groups excluding carboxylic acids is 2. The monoisotopic (exact) mass is 350 g/mol. The Kier molecular flexibility index (Phi) is 4.75. The molecule has 26 heavy (non-hydrogen) atoms. The second-order valence-electron chi connectivity index (χ2n) is 7.16. The zero-order chi connectivity index (χ0) is 18.7. The number of nitrogens with zero attached hydrogens (tertiary/aromatic N) is 1. The Morgan fingerprint density at radius 2 is 1.81 bits per heavy atom. The molecule has 0 bridgehead atoms. The highest BCUT2D eigenvalue weighted by molar-refractivity contribution is 5.96. The Morgan fingerprint density at radius 3 is 2.50 bits per heavy atom. The van der Waals surface area contributed by atoms with E-state index in [1.165, 1.54) is 0 Å². The summed E-state index contributed by atoms with van der Waals surface area (Å²) < 4.78 is 0. The van der Waals surface area contributed by atoms with Gasteiger partial charge in [0.05, 0.1) is 17.6 Å². The van der Waals surface area contributed by atoms with Crippen molar-refractivity contribution in [3.8, 4) is 11.4 Å². The van der Waals surface area contributed by atoms with E-state index >= 15 is 0 Å². The minimum Gasteiger partial charge on any atom is -0.347 e. The number of H-pyrrole nitrogens is 1. The van der Waals surface area contributed by atoms with Gasteiger partial charge in [-0.1, -0.05) is 51.1 Å². The van der Waals surface area contributed by atoms with Gasteiger partial charge in [-0.15, -0.1) is 0 Å². The summed E-state index contributed by atoms with van der Waals surface area (Å²) in [6, 6.07) is 15.3. The second kappa shape index (κ2) is 7.00. The standard InChI is InChI=1S/C20H22N4O2/c1-20(2,3)19(26)21-12-17(25)22-14-9-10-15-16(11-14)24-18(23-15)13-7-5-4-6-8-13/h4-11H,12H2,1-3H3,(H,21,26)(H,22,25)(H,23,24). The highest BCUT2D eigenvalue weighted by Gasteiger charge is 2.21. The lowest BCUT2D eigenvalue weighted by Gasteiger charge is -2.17. The molecule has 0 radical (unpaired) electrons. The number of carbonyl (C=O) groups is 2. The van der Waals surface area contributed by atoms with Crippen LogP contribution >= 0.6 is 0 Å².